The second-order valence-electron chi connectivity index (χ2n) is 12.0. The van der Waals surface area contributed by atoms with E-state index >= 15 is 0 Å². The molecule has 0 radical (unpaired) electrons. The van der Waals surface area contributed by atoms with Crippen LogP contribution in [0.3, 0.4) is 0 Å². The molecule has 3 amide bonds. The van der Waals surface area contributed by atoms with Gasteiger partial charge in [-0.25, -0.2) is 0 Å². The minimum atomic E-state index is -0.454. The highest BCUT2D eigenvalue weighted by molar-refractivity contribution is 5.85. The number of piperidine rings is 1. The fourth-order valence-corrected chi connectivity index (χ4v) is 5.96. The molecular formula is C35H45N5O7. The maximum Gasteiger partial charge on any atom is 0.239 e. The highest BCUT2D eigenvalue weighted by Crippen LogP contribution is 2.33. The highest BCUT2D eigenvalue weighted by Gasteiger charge is 2.34. The first-order valence-electron chi connectivity index (χ1n) is 16.2. The zero-order chi connectivity index (χ0) is 33.2. The maximum atomic E-state index is 13.5. The lowest BCUT2D eigenvalue weighted by molar-refractivity contribution is -0.139. The topological polar surface area (TPSA) is 124 Å². The third-order valence-corrected chi connectivity index (χ3v) is 8.49. The Labute approximate surface area is 275 Å². The summed E-state index contributed by atoms with van der Waals surface area (Å²) in [5.74, 6) is 1.32. The number of methoxy groups -OCH3 is 2. The smallest absolute Gasteiger partial charge is 0.239 e. The predicted octanol–water partition coefficient (Wildman–Crippen LogP) is 3.50. The normalized spacial score (nSPS) is 19.2. The summed E-state index contributed by atoms with van der Waals surface area (Å²) in [6.07, 6.45) is 3.67. The summed E-state index contributed by atoms with van der Waals surface area (Å²) in [5, 5.41) is 7.49. The van der Waals surface area contributed by atoms with Crippen LogP contribution >= 0.6 is 0 Å². The molecule has 1 aromatic heterocycles. The van der Waals surface area contributed by atoms with Crippen LogP contribution in [0.5, 0.6) is 17.2 Å². The maximum absolute atomic E-state index is 13.5. The van der Waals surface area contributed by atoms with Crippen molar-refractivity contribution in [2.75, 3.05) is 47.0 Å². The number of carbonyl (C=O) groups excluding carboxylic acids is 3. The Balaban J connectivity index is 1.36. The lowest BCUT2D eigenvalue weighted by Gasteiger charge is -2.39. The summed E-state index contributed by atoms with van der Waals surface area (Å²) >= 11 is 0. The predicted molar refractivity (Wildman–Crippen MR) is 174 cm³/mol. The Hall–Kier alpha value is -4.42. The molecule has 3 aliphatic rings. The van der Waals surface area contributed by atoms with Gasteiger partial charge in [-0.05, 0) is 67.6 Å². The van der Waals surface area contributed by atoms with Gasteiger partial charge in [-0.15, -0.1) is 0 Å². The van der Waals surface area contributed by atoms with Crippen LogP contribution in [0.15, 0.2) is 54.7 Å². The van der Waals surface area contributed by atoms with Crippen LogP contribution in [0.25, 0.3) is 0 Å². The molecule has 4 bridgehead atoms. The van der Waals surface area contributed by atoms with E-state index in [-0.39, 0.29) is 36.8 Å². The van der Waals surface area contributed by atoms with Gasteiger partial charge in [0.05, 0.1) is 38.1 Å². The Morgan fingerprint density at radius 1 is 1.06 bits per heavy atom. The van der Waals surface area contributed by atoms with Gasteiger partial charge in [-0.3, -0.25) is 19.1 Å². The van der Waals surface area contributed by atoms with E-state index in [1.54, 1.807) is 28.7 Å². The molecule has 3 aliphatic heterocycles. The van der Waals surface area contributed by atoms with Crippen molar-refractivity contribution in [3.8, 4) is 17.2 Å². The molecule has 3 aromatic rings. The van der Waals surface area contributed by atoms with Crippen molar-refractivity contribution in [2.45, 2.75) is 64.3 Å². The average molecular weight is 648 g/mol. The summed E-state index contributed by atoms with van der Waals surface area (Å²) in [4.78, 5) is 43.6. The zero-order valence-electron chi connectivity index (χ0n) is 27.5. The van der Waals surface area contributed by atoms with E-state index in [2.05, 4.69) is 10.4 Å². The van der Waals surface area contributed by atoms with Crippen LogP contribution in [0.2, 0.25) is 0 Å². The van der Waals surface area contributed by atoms with Gasteiger partial charge >= 0.3 is 0 Å². The fraction of sp³-hybridized carbons (Fsp3) is 0.486. The van der Waals surface area contributed by atoms with E-state index < -0.39 is 6.04 Å². The molecule has 1 N–H and O–H groups in total. The first kappa shape index (κ1) is 33.9. The van der Waals surface area contributed by atoms with Crippen molar-refractivity contribution in [3.05, 3.63) is 71.5 Å². The molecule has 2 atom stereocenters. The minimum absolute atomic E-state index is 0.00938. The van der Waals surface area contributed by atoms with Crippen LogP contribution < -0.4 is 14.8 Å². The van der Waals surface area contributed by atoms with Crippen molar-refractivity contribution in [3.63, 3.8) is 0 Å². The molecule has 6 rings (SSSR count). The Morgan fingerprint density at radius 3 is 2.72 bits per heavy atom. The van der Waals surface area contributed by atoms with Gasteiger partial charge in [0, 0.05) is 58.9 Å². The monoisotopic (exact) mass is 647 g/mol. The van der Waals surface area contributed by atoms with E-state index in [1.165, 1.54) is 0 Å². The summed E-state index contributed by atoms with van der Waals surface area (Å²) in [7, 11) is 3.20. The van der Waals surface area contributed by atoms with Gasteiger partial charge in [0.2, 0.25) is 17.7 Å². The number of nitrogens with zero attached hydrogens (tertiary/aromatic N) is 4. The molecule has 0 saturated carbocycles. The third-order valence-electron chi connectivity index (χ3n) is 8.49. The number of fused-ring (bicyclic) bond motifs is 9. The number of carbonyl (C=O) groups is 3. The number of nitrogens with one attached hydrogen (secondary N) is 1. The molecular weight excluding hydrogens is 602 g/mol. The van der Waals surface area contributed by atoms with Crippen LogP contribution in [-0.4, -0.2) is 96.5 Å². The van der Waals surface area contributed by atoms with Gasteiger partial charge in [0.25, 0.3) is 0 Å². The number of ether oxygens (including phenoxy) is 4. The number of aryl methyl sites for hydroxylation is 3. The molecule has 0 unspecified atom stereocenters. The Morgan fingerprint density at radius 2 is 1.94 bits per heavy atom. The summed E-state index contributed by atoms with van der Waals surface area (Å²) < 4.78 is 25.2. The standard InChI is InChI=1S/C35H45N5O7/c1-25-12-17-40(37-25)18-14-35(43)39-16-13-30-29(22-39)36-33(41)23-38(15-5-19-44-2)34(42)11-9-26-8-10-31(32(21-26)45-3)47-28-7-4-6-27(20-28)24-46-30/h4,6-8,10,12,17,20-21,29-30H,5,9,11,13-16,18-19,22-24H2,1-3H3,(H,36,41)/t29-,30+/m0/s1. The van der Waals surface area contributed by atoms with Crippen LogP contribution in [0.4, 0.5) is 0 Å². The number of hydrogen-bond donors (Lipinski definition) is 1. The van der Waals surface area contributed by atoms with Crippen molar-refractivity contribution in [1.82, 2.24) is 24.9 Å². The van der Waals surface area contributed by atoms with Crippen molar-refractivity contribution >= 4 is 17.7 Å². The number of likely N-dealkylation sites (tertiary alicyclic amines) is 1. The van der Waals surface area contributed by atoms with Gasteiger partial charge in [0.15, 0.2) is 11.5 Å². The number of amides is 3. The molecule has 12 heteroatoms. The van der Waals surface area contributed by atoms with E-state index in [0.717, 1.165) is 16.8 Å². The van der Waals surface area contributed by atoms with Crippen LogP contribution in [0, 0.1) is 6.92 Å². The van der Waals surface area contributed by atoms with E-state index in [9.17, 15) is 14.4 Å². The second kappa shape index (κ2) is 16.4. The molecule has 1 fully saturated rings. The van der Waals surface area contributed by atoms with Gasteiger partial charge in [-0.1, -0.05) is 18.2 Å². The lowest BCUT2D eigenvalue weighted by atomic mass is 10.0. The SMILES string of the molecule is COCCCN1CC(=O)N[C@H]2CN(C(=O)CCn3ccc(C)n3)CC[C@H]2OCc2cccc(c2)Oc2ccc(cc2OC)CCC1=O. The number of benzene rings is 2. The number of rotatable bonds is 8. The molecule has 0 spiro atoms. The van der Waals surface area contributed by atoms with Crippen LogP contribution in [-0.2, 0) is 43.4 Å². The van der Waals surface area contributed by atoms with Crippen molar-refractivity contribution in [2.24, 2.45) is 0 Å². The first-order valence-corrected chi connectivity index (χ1v) is 16.2. The molecule has 12 nitrogen and oxygen atoms in total. The van der Waals surface area contributed by atoms with Gasteiger partial charge in [0.1, 0.15) is 5.75 Å². The van der Waals surface area contributed by atoms with E-state index in [4.69, 9.17) is 18.9 Å². The second-order valence-corrected chi connectivity index (χ2v) is 12.0. The van der Waals surface area contributed by atoms with Crippen LogP contribution in [0.1, 0.15) is 42.5 Å². The molecule has 252 valence electrons. The van der Waals surface area contributed by atoms with Gasteiger partial charge < -0.3 is 34.1 Å². The third kappa shape index (κ3) is 9.55. The summed E-state index contributed by atoms with van der Waals surface area (Å²) in [6.45, 7) is 4.25. The minimum Gasteiger partial charge on any atom is -0.493 e. The highest BCUT2D eigenvalue weighted by atomic mass is 16.5. The molecule has 0 aliphatic carbocycles. The summed E-state index contributed by atoms with van der Waals surface area (Å²) in [5.41, 5.74) is 2.72. The molecule has 47 heavy (non-hydrogen) atoms. The molecule has 4 heterocycles. The largest absolute Gasteiger partial charge is 0.493 e. The quantitative estimate of drug-likeness (QED) is 0.369. The van der Waals surface area contributed by atoms with E-state index in [1.807, 2.05) is 61.7 Å². The summed E-state index contributed by atoms with van der Waals surface area (Å²) in [6, 6.07) is 14.7. The fourth-order valence-electron chi connectivity index (χ4n) is 5.96. The van der Waals surface area contributed by atoms with E-state index in [0.29, 0.717) is 82.3 Å². The van der Waals surface area contributed by atoms with Gasteiger partial charge in [-0.2, -0.15) is 5.10 Å². The zero-order valence-corrected chi connectivity index (χ0v) is 27.5. The Bertz CT molecular complexity index is 1530. The lowest BCUT2D eigenvalue weighted by Crippen LogP contribution is -2.58. The molecule has 1 saturated heterocycles. The number of aromatic nitrogens is 2. The molecule has 2 aromatic carbocycles. The van der Waals surface area contributed by atoms with Crippen molar-refractivity contribution in [1.29, 1.82) is 0 Å². The average Bonchev–Trinajstić information content (AvgIpc) is 3.50. The Kier molecular flexibility index (Phi) is 11.9. The number of hydrogen-bond acceptors (Lipinski definition) is 8. The van der Waals surface area contributed by atoms with Crippen molar-refractivity contribution < 1.29 is 33.3 Å². The first-order chi connectivity index (χ1) is 22.8.